The molecule has 0 aromatic heterocycles. The molecule has 4 aromatic rings. The van der Waals surface area contributed by atoms with Crippen molar-refractivity contribution in [3.8, 4) is 22.6 Å². The van der Waals surface area contributed by atoms with Gasteiger partial charge < -0.3 is 39.6 Å². The molecule has 4 aromatic carbocycles. The monoisotopic (exact) mass is 839 g/mol. The number of carbonyl (C=O) groups is 5. The Hall–Kier alpha value is -6.64. The van der Waals surface area contributed by atoms with E-state index in [1.807, 2.05) is 66.7 Å². The maximum absolute atomic E-state index is 13.7. The lowest BCUT2D eigenvalue weighted by molar-refractivity contribution is -0.144. The van der Waals surface area contributed by atoms with Crippen LogP contribution in [0.15, 0.2) is 90.4 Å². The topological polar surface area (TPSA) is 192 Å². The second-order valence-electron chi connectivity index (χ2n) is 16.1. The number of aliphatic imine (C=N–C) groups is 1. The van der Waals surface area contributed by atoms with Gasteiger partial charge in [0.05, 0.1) is 7.11 Å². The van der Waals surface area contributed by atoms with E-state index in [9.17, 15) is 24.0 Å². The molecule has 0 aliphatic carbocycles. The third kappa shape index (κ3) is 14.5. The van der Waals surface area contributed by atoms with Crippen molar-refractivity contribution in [2.75, 3.05) is 26.9 Å². The first-order chi connectivity index (χ1) is 28.9. The molecule has 326 valence electrons. The maximum atomic E-state index is 13.7. The summed E-state index contributed by atoms with van der Waals surface area (Å²) >= 11 is 0. The third-order valence-corrected chi connectivity index (χ3v) is 8.74. The zero-order chi connectivity index (χ0) is 44.7. The summed E-state index contributed by atoms with van der Waals surface area (Å²) in [5, 5.41) is 14.4. The molecule has 4 amide bonds. The first kappa shape index (κ1) is 47.0. The Morgan fingerprint density at radius 3 is 1.89 bits per heavy atom. The van der Waals surface area contributed by atoms with Crippen LogP contribution in [0.5, 0.6) is 11.5 Å². The lowest BCUT2D eigenvalue weighted by atomic mass is 9.92. The van der Waals surface area contributed by atoms with Crippen LogP contribution in [-0.4, -0.2) is 86.1 Å². The summed E-state index contributed by atoms with van der Waals surface area (Å²) in [5.74, 6) is -1.01. The fraction of sp³-hybridized carbons (Fsp3) is 0.391. The average Bonchev–Trinajstić information content (AvgIpc) is 3.19. The molecule has 0 saturated carbocycles. The fourth-order valence-electron chi connectivity index (χ4n) is 6.17. The molecule has 0 heterocycles. The largest absolute Gasteiger partial charge is 0.489 e. The van der Waals surface area contributed by atoms with Crippen molar-refractivity contribution >= 4 is 57.5 Å². The van der Waals surface area contributed by atoms with E-state index in [2.05, 4.69) is 32.8 Å². The number of benzene rings is 4. The van der Waals surface area contributed by atoms with E-state index in [0.29, 0.717) is 24.3 Å². The molecule has 0 aliphatic heterocycles. The molecule has 0 spiro atoms. The number of hydrogen-bond acceptors (Lipinski definition) is 10. The third-order valence-electron chi connectivity index (χ3n) is 8.74. The first-order valence-corrected chi connectivity index (χ1v) is 20.0. The molecule has 15 nitrogen and oxygen atoms in total. The predicted octanol–water partition coefficient (Wildman–Crippen LogP) is 7.34. The number of hydrogen-bond donors (Lipinski definition) is 4. The van der Waals surface area contributed by atoms with Crippen LogP contribution in [0, 0.1) is 0 Å². The molecule has 15 heteroatoms. The van der Waals surface area contributed by atoms with E-state index < -0.39 is 59.9 Å². The minimum absolute atomic E-state index is 0.145. The Kier molecular flexibility index (Phi) is 16.6. The van der Waals surface area contributed by atoms with Crippen molar-refractivity contribution in [3.05, 3.63) is 85.5 Å². The van der Waals surface area contributed by atoms with Crippen LogP contribution in [0.4, 0.5) is 9.59 Å². The van der Waals surface area contributed by atoms with Crippen LogP contribution >= 0.6 is 0 Å². The van der Waals surface area contributed by atoms with Crippen molar-refractivity contribution in [1.29, 1.82) is 0 Å². The molecular formula is C46H57N5O10. The van der Waals surface area contributed by atoms with Gasteiger partial charge in [-0.1, -0.05) is 73.3 Å². The van der Waals surface area contributed by atoms with Gasteiger partial charge in [-0.15, -0.1) is 4.99 Å². The number of unbranched alkanes of at least 4 members (excludes halogenated alkanes) is 1. The summed E-state index contributed by atoms with van der Waals surface area (Å²) in [4.78, 5) is 68.2. The molecular weight excluding hydrogens is 783 g/mol. The lowest BCUT2D eigenvalue weighted by Gasteiger charge is -2.22. The summed E-state index contributed by atoms with van der Waals surface area (Å²) in [7, 11) is 1.21. The van der Waals surface area contributed by atoms with E-state index in [-0.39, 0.29) is 25.5 Å². The second kappa shape index (κ2) is 21.6. The highest BCUT2D eigenvalue weighted by Gasteiger charge is 2.26. The van der Waals surface area contributed by atoms with E-state index in [1.165, 1.54) is 14.0 Å². The number of esters is 1. The first-order valence-electron chi connectivity index (χ1n) is 20.0. The number of alkyl carbamates (subject to hydrolysis) is 1. The number of rotatable bonds is 16. The van der Waals surface area contributed by atoms with Gasteiger partial charge in [-0.2, -0.15) is 0 Å². The number of methoxy groups -OCH3 is 1. The Labute approximate surface area is 356 Å². The fourth-order valence-corrected chi connectivity index (χ4v) is 6.17. The maximum Gasteiger partial charge on any atom is 0.437 e. The number of guanidine groups is 1. The highest BCUT2D eigenvalue weighted by atomic mass is 16.6. The Balaban J connectivity index is 1.53. The van der Waals surface area contributed by atoms with Gasteiger partial charge >= 0.3 is 18.2 Å². The summed E-state index contributed by atoms with van der Waals surface area (Å²) in [6.45, 7) is 15.4. The number of ether oxygens (including phenoxy) is 5. The second-order valence-corrected chi connectivity index (χ2v) is 16.1. The van der Waals surface area contributed by atoms with E-state index in [4.69, 9.17) is 23.7 Å². The van der Waals surface area contributed by atoms with Gasteiger partial charge in [0.1, 0.15) is 41.4 Å². The van der Waals surface area contributed by atoms with Crippen molar-refractivity contribution < 1.29 is 47.7 Å². The molecule has 61 heavy (non-hydrogen) atoms. The van der Waals surface area contributed by atoms with Gasteiger partial charge in [0, 0.05) is 17.7 Å². The molecule has 4 N–H and O–H groups in total. The van der Waals surface area contributed by atoms with Crippen LogP contribution in [0.2, 0.25) is 0 Å². The summed E-state index contributed by atoms with van der Waals surface area (Å²) < 4.78 is 27.8. The summed E-state index contributed by atoms with van der Waals surface area (Å²) in [6.07, 6.45) is 0.815. The van der Waals surface area contributed by atoms with Crippen molar-refractivity contribution in [3.63, 3.8) is 0 Å². The molecule has 1 unspecified atom stereocenters. The van der Waals surface area contributed by atoms with Crippen LogP contribution in [0.1, 0.15) is 67.7 Å². The van der Waals surface area contributed by atoms with E-state index in [0.717, 1.165) is 32.7 Å². The Morgan fingerprint density at radius 2 is 1.33 bits per heavy atom. The van der Waals surface area contributed by atoms with Gasteiger partial charge in [0.2, 0.25) is 11.9 Å². The Morgan fingerprint density at radius 1 is 0.754 bits per heavy atom. The number of nitrogens with one attached hydrogen (secondary N) is 4. The summed E-state index contributed by atoms with van der Waals surface area (Å²) in [5.41, 5.74) is -0.121. The van der Waals surface area contributed by atoms with Gasteiger partial charge in [-0.25, -0.2) is 14.4 Å². The van der Waals surface area contributed by atoms with E-state index in [1.54, 1.807) is 53.7 Å². The molecule has 0 saturated heterocycles. The number of nitrogens with zero attached hydrogens (tertiary/aromatic N) is 1. The van der Waals surface area contributed by atoms with Crippen molar-refractivity contribution in [2.45, 2.75) is 91.0 Å². The van der Waals surface area contributed by atoms with Gasteiger partial charge in [-0.05, 0) is 101 Å². The smallest absolute Gasteiger partial charge is 0.437 e. The minimum Gasteiger partial charge on any atom is -0.489 e. The van der Waals surface area contributed by atoms with Gasteiger partial charge in [0.25, 0.3) is 5.91 Å². The van der Waals surface area contributed by atoms with Crippen LogP contribution in [-0.2, 0) is 28.6 Å². The van der Waals surface area contributed by atoms with Crippen LogP contribution < -0.4 is 30.7 Å². The van der Waals surface area contributed by atoms with Crippen molar-refractivity contribution in [1.82, 2.24) is 21.3 Å². The van der Waals surface area contributed by atoms with Crippen LogP contribution in [0.3, 0.4) is 0 Å². The molecule has 0 bridgehead atoms. The quantitative estimate of drug-likeness (QED) is 0.0220. The molecule has 0 radical (unpaired) electrons. The highest BCUT2D eigenvalue weighted by molar-refractivity contribution is 6.10. The minimum atomic E-state index is -1.08. The molecule has 2 atom stereocenters. The predicted molar refractivity (Wildman–Crippen MR) is 235 cm³/mol. The highest BCUT2D eigenvalue weighted by Crippen LogP contribution is 2.45. The van der Waals surface area contributed by atoms with Crippen molar-refractivity contribution in [2.24, 2.45) is 4.99 Å². The zero-order valence-corrected chi connectivity index (χ0v) is 36.1. The zero-order valence-electron chi connectivity index (χ0n) is 36.1. The van der Waals surface area contributed by atoms with Gasteiger partial charge in [-0.3, -0.25) is 14.9 Å². The van der Waals surface area contributed by atoms with E-state index >= 15 is 0 Å². The number of amides is 4. The molecule has 0 fully saturated rings. The number of fused-ring (bicyclic) bond motifs is 2. The normalized spacial score (nSPS) is 12.7. The van der Waals surface area contributed by atoms with Gasteiger partial charge in [0.15, 0.2) is 6.61 Å². The average molecular weight is 840 g/mol. The lowest BCUT2D eigenvalue weighted by Crippen LogP contribution is -2.51. The SMILES string of the molecule is C=CCOc1ccc2ccccc2c1-c1c(OCC(=O)N[C@H](CCCCN/C(=N/C(=O)OC(C)(C)C)NC(=O)OC(C)(C)C)C(=O)NC(C)C(=O)OC)ccc2ccccc12. The van der Waals surface area contributed by atoms with Crippen LogP contribution in [0.25, 0.3) is 32.7 Å². The molecule has 4 rings (SSSR count). The Bertz CT molecular complexity index is 2240. The standard InChI is InChI=1S/C46H57N5O10/c1-10-27-58-35-24-22-30-17-11-13-19-32(30)38(35)39-33-20-14-12-18-31(33)23-25-36(39)59-28-37(52)49-34(40(53)48-29(2)41(54)57-9)21-15-16-26-47-42(50-43(55)60-45(3,4)5)51-44(56)61-46(6,7)8/h10-14,17-20,22-25,29,34H,1,15-16,21,26-28H2,2-9H3,(H,48,53)(H,49,52)(H2,47,50,51,55,56)/t29?,34-/m1/s1. The number of carbonyl (C=O) groups excluding carboxylic acids is 5. The summed E-state index contributed by atoms with van der Waals surface area (Å²) in [6, 6.07) is 21.3. The molecule has 0 aliphatic rings.